The van der Waals surface area contributed by atoms with Crippen LogP contribution in [0.2, 0.25) is 0 Å². The number of nitrogens with zero attached hydrogens (tertiary/aromatic N) is 1. The fraction of sp³-hybridized carbons (Fsp3) is 0.500. The van der Waals surface area contributed by atoms with Crippen LogP contribution in [0.25, 0.3) is 0 Å². The predicted molar refractivity (Wildman–Crippen MR) is 48.9 cm³/mol. The third-order valence-electron chi connectivity index (χ3n) is 2.10. The summed E-state index contributed by atoms with van der Waals surface area (Å²) in [6.07, 6.45) is 3.08. The minimum atomic E-state index is 0.208. The molecule has 13 heavy (non-hydrogen) atoms. The first-order chi connectivity index (χ1) is 6.38. The van der Waals surface area contributed by atoms with Gasteiger partial charge >= 0.3 is 0 Å². The highest BCUT2D eigenvalue weighted by molar-refractivity contribution is 5.17. The molecule has 3 heteroatoms. The van der Waals surface area contributed by atoms with E-state index in [2.05, 4.69) is 11.9 Å². The van der Waals surface area contributed by atoms with Crippen LogP contribution in [0.15, 0.2) is 18.3 Å². The van der Waals surface area contributed by atoms with E-state index in [4.69, 9.17) is 9.47 Å². The third-order valence-corrected chi connectivity index (χ3v) is 2.10. The molecule has 70 valence electrons. The second-order valence-corrected chi connectivity index (χ2v) is 3.14. The van der Waals surface area contributed by atoms with Gasteiger partial charge in [-0.15, -0.1) is 0 Å². The lowest BCUT2D eigenvalue weighted by Gasteiger charge is -2.25. The van der Waals surface area contributed by atoms with Gasteiger partial charge in [-0.05, 0) is 12.0 Å². The lowest BCUT2D eigenvalue weighted by atomic mass is 10.2. The molecule has 2 heterocycles. The van der Waals surface area contributed by atoms with Crippen molar-refractivity contribution in [2.45, 2.75) is 19.4 Å². The molecule has 2 rings (SSSR count). The second kappa shape index (κ2) is 3.75. The quantitative estimate of drug-likeness (QED) is 0.703. The van der Waals surface area contributed by atoms with E-state index in [1.54, 1.807) is 0 Å². The minimum absolute atomic E-state index is 0.208. The molecule has 0 amide bonds. The van der Waals surface area contributed by atoms with E-state index in [0.29, 0.717) is 19.1 Å². The van der Waals surface area contributed by atoms with Gasteiger partial charge in [-0.2, -0.15) is 0 Å². The fourth-order valence-electron chi connectivity index (χ4n) is 1.14. The first-order valence-corrected chi connectivity index (χ1v) is 4.58. The fourth-order valence-corrected chi connectivity index (χ4v) is 1.14. The number of rotatable bonds is 3. The lowest BCUT2D eigenvalue weighted by molar-refractivity contribution is -0.0813. The molecule has 1 aliphatic rings. The molecule has 1 fully saturated rings. The summed E-state index contributed by atoms with van der Waals surface area (Å²) in [4.78, 5) is 4.19. The van der Waals surface area contributed by atoms with E-state index in [0.717, 1.165) is 6.42 Å². The van der Waals surface area contributed by atoms with Gasteiger partial charge in [0, 0.05) is 12.3 Å². The summed E-state index contributed by atoms with van der Waals surface area (Å²) in [5.41, 5.74) is 1.23. The van der Waals surface area contributed by atoms with Gasteiger partial charge < -0.3 is 9.47 Å². The molecule has 0 N–H and O–H groups in total. The van der Waals surface area contributed by atoms with Crippen molar-refractivity contribution in [2.24, 2.45) is 0 Å². The van der Waals surface area contributed by atoms with Crippen LogP contribution >= 0.6 is 0 Å². The zero-order valence-electron chi connectivity index (χ0n) is 7.69. The number of hydrogen-bond acceptors (Lipinski definition) is 3. The molecular weight excluding hydrogens is 166 g/mol. The highest BCUT2D eigenvalue weighted by Crippen LogP contribution is 2.13. The van der Waals surface area contributed by atoms with Crippen molar-refractivity contribution in [1.82, 2.24) is 4.98 Å². The maximum Gasteiger partial charge on any atom is 0.213 e. The number of aryl methyl sites for hydroxylation is 1. The number of ether oxygens (including phenoxy) is 2. The molecule has 0 aromatic carbocycles. The molecule has 0 aliphatic carbocycles. The van der Waals surface area contributed by atoms with Crippen molar-refractivity contribution in [3.8, 4) is 5.88 Å². The molecular formula is C10H13NO2. The first kappa shape index (κ1) is 8.51. The molecule has 0 bridgehead atoms. The van der Waals surface area contributed by atoms with Gasteiger partial charge in [-0.3, -0.25) is 0 Å². The smallest absolute Gasteiger partial charge is 0.213 e. The van der Waals surface area contributed by atoms with Crippen LogP contribution in [0.4, 0.5) is 0 Å². The minimum Gasteiger partial charge on any atom is -0.469 e. The van der Waals surface area contributed by atoms with Gasteiger partial charge in [0.1, 0.15) is 6.10 Å². The Kier molecular flexibility index (Phi) is 2.45. The van der Waals surface area contributed by atoms with Crippen molar-refractivity contribution in [3.63, 3.8) is 0 Å². The molecule has 1 saturated heterocycles. The maximum absolute atomic E-state index is 5.51. The Hall–Kier alpha value is -1.09. The Morgan fingerprint density at radius 3 is 2.85 bits per heavy atom. The first-order valence-electron chi connectivity index (χ1n) is 4.58. The van der Waals surface area contributed by atoms with Crippen molar-refractivity contribution >= 4 is 0 Å². The highest BCUT2D eigenvalue weighted by Gasteiger charge is 2.20. The van der Waals surface area contributed by atoms with Crippen LogP contribution in [-0.2, 0) is 11.2 Å². The number of aromatic nitrogens is 1. The van der Waals surface area contributed by atoms with E-state index < -0.39 is 0 Å². The van der Waals surface area contributed by atoms with Crippen molar-refractivity contribution in [2.75, 3.05) is 13.2 Å². The molecule has 0 unspecified atom stereocenters. The van der Waals surface area contributed by atoms with Crippen LogP contribution in [0, 0.1) is 0 Å². The summed E-state index contributed by atoms with van der Waals surface area (Å²) >= 11 is 0. The van der Waals surface area contributed by atoms with E-state index in [9.17, 15) is 0 Å². The standard InChI is InChI=1S/C10H13NO2/c1-2-8-3-4-10(11-5-8)13-9-6-12-7-9/h3-5,9H,2,6-7H2,1H3. The summed E-state index contributed by atoms with van der Waals surface area (Å²) in [7, 11) is 0. The van der Waals surface area contributed by atoms with Crippen molar-refractivity contribution in [1.29, 1.82) is 0 Å². The Balaban J connectivity index is 1.96. The van der Waals surface area contributed by atoms with E-state index >= 15 is 0 Å². The Morgan fingerprint density at radius 1 is 1.54 bits per heavy atom. The van der Waals surface area contributed by atoms with Gasteiger partial charge in [0.15, 0.2) is 0 Å². The van der Waals surface area contributed by atoms with Gasteiger partial charge in [-0.1, -0.05) is 13.0 Å². The monoisotopic (exact) mass is 179 g/mol. The van der Waals surface area contributed by atoms with Crippen LogP contribution < -0.4 is 4.74 Å². The molecule has 0 radical (unpaired) electrons. The zero-order valence-corrected chi connectivity index (χ0v) is 7.69. The van der Waals surface area contributed by atoms with Gasteiger partial charge in [-0.25, -0.2) is 4.98 Å². The van der Waals surface area contributed by atoms with Crippen molar-refractivity contribution in [3.05, 3.63) is 23.9 Å². The molecule has 1 aromatic rings. The number of hydrogen-bond donors (Lipinski definition) is 0. The zero-order chi connectivity index (χ0) is 9.10. The summed E-state index contributed by atoms with van der Waals surface area (Å²) in [5, 5.41) is 0. The second-order valence-electron chi connectivity index (χ2n) is 3.14. The normalized spacial score (nSPS) is 16.7. The van der Waals surface area contributed by atoms with Gasteiger partial charge in [0.05, 0.1) is 13.2 Å². The van der Waals surface area contributed by atoms with Crippen LogP contribution in [-0.4, -0.2) is 24.3 Å². The lowest BCUT2D eigenvalue weighted by Crippen LogP contribution is -2.38. The molecule has 0 spiro atoms. The average molecular weight is 179 g/mol. The Morgan fingerprint density at radius 2 is 2.38 bits per heavy atom. The summed E-state index contributed by atoms with van der Waals surface area (Å²) in [6.45, 7) is 3.49. The largest absolute Gasteiger partial charge is 0.469 e. The van der Waals surface area contributed by atoms with E-state index in [1.807, 2.05) is 18.3 Å². The topological polar surface area (TPSA) is 31.4 Å². The summed E-state index contributed by atoms with van der Waals surface area (Å²) in [5.74, 6) is 0.700. The maximum atomic E-state index is 5.51. The average Bonchev–Trinajstić information content (AvgIpc) is 2.12. The number of pyridine rings is 1. The summed E-state index contributed by atoms with van der Waals surface area (Å²) < 4.78 is 10.5. The molecule has 1 aromatic heterocycles. The molecule has 3 nitrogen and oxygen atoms in total. The Labute approximate surface area is 77.7 Å². The predicted octanol–water partition coefficient (Wildman–Crippen LogP) is 1.42. The highest BCUT2D eigenvalue weighted by atomic mass is 16.6. The van der Waals surface area contributed by atoms with Gasteiger partial charge in [0.2, 0.25) is 5.88 Å². The van der Waals surface area contributed by atoms with Crippen LogP contribution in [0.3, 0.4) is 0 Å². The van der Waals surface area contributed by atoms with E-state index in [1.165, 1.54) is 5.56 Å². The Bertz CT molecular complexity index is 267. The molecule has 0 saturated carbocycles. The van der Waals surface area contributed by atoms with Crippen LogP contribution in [0.1, 0.15) is 12.5 Å². The molecule has 0 atom stereocenters. The van der Waals surface area contributed by atoms with Crippen LogP contribution in [0.5, 0.6) is 5.88 Å². The van der Waals surface area contributed by atoms with E-state index in [-0.39, 0.29) is 6.10 Å². The van der Waals surface area contributed by atoms with Gasteiger partial charge in [0.25, 0.3) is 0 Å². The SMILES string of the molecule is CCc1ccc(OC2COC2)nc1. The van der Waals surface area contributed by atoms with Crippen molar-refractivity contribution < 1.29 is 9.47 Å². The molecule has 1 aliphatic heterocycles. The summed E-state index contributed by atoms with van der Waals surface area (Å²) in [6, 6.07) is 3.96. The third kappa shape index (κ3) is 1.98.